The number of piperidine rings is 1. The van der Waals surface area contributed by atoms with E-state index in [1.54, 1.807) is 11.3 Å². The first-order valence-corrected chi connectivity index (χ1v) is 6.25. The molecular formula is C11H14F3NS. The van der Waals surface area contributed by atoms with E-state index < -0.39 is 12.1 Å². The summed E-state index contributed by atoms with van der Waals surface area (Å²) < 4.78 is 37.3. The summed E-state index contributed by atoms with van der Waals surface area (Å²) in [6.45, 7) is 1.91. The van der Waals surface area contributed by atoms with Gasteiger partial charge in [-0.2, -0.15) is 13.2 Å². The monoisotopic (exact) mass is 249 g/mol. The fourth-order valence-corrected chi connectivity index (χ4v) is 2.79. The zero-order valence-corrected chi connectivity index (χ0v) is 9.65. The number of hydrogen-bond acceptors (Lipinski definition) is 2. The van der Waals surface area contributed by atoms with Crippen molar-refractivity contribution in [3.05, 3.63) is 22.4 Å². The van der Waals surface area contributed by atoms with Crippen molar-refractivity contribution in [2.75, 3.05) is 13.1 Å². The molecule has 90 valence electrons. The van der Waals surface area contributed by atoms with Gasteiger partial charge in [0.1, 0.15) is 0 Å². The molecule has 1 fully saturated rings. The first-order chi connectivity index (χ1) is 7.55. The van der Waals surface area contributed by atoms with Crippen LogP contribution in [0.1, 0.15) is 17.7 Å². The van der Waals surface area contributed by atoms with E-state index in [1.165, 1.54) is 4.88 Å². The maximum atomic E-state index is 12.4. The Labute approximate surface area is 96.9 Å². The predicted octanol–water partition coefficient (Wildman–Crippen LogP) is 3.52. The van der Waals surface area contributed by atoms with Crippen molar-refractivity contribution in [3.8, 4) is 0 Å². The van der Waals surface area contributed by atoms with Crippen LogP contribution in [-0.4, -0.2) is 24.2 Å². The molecule has 1 aliphatic heterocycles. The molecule has 1 saturated heterocycles. The summed E-state index contributed by atoms with van der Waals surface area (Å²) in [6, 6.07) is 4.00. The minimum atomic E-state index is -4.00. The van der Waals surface area contributed by atoms with E-state index in [2.05, 4.69) is 4.90 Å². The van der Waals surface area contributed by atoms with Gasteiger partial charge in [0.2, 0.25) is 0 Å². The molecule has 0 atom stereocenters. The molecule has 5 heteroatoms. The van der Waals surface area contributed by atoms with Gasteiger partial charge in [-0.1, -0.05) is 6.07 Å². The summed E-state index contributed by atoms with van der Waals surface area (Å²) in [5, 5.41) is 2.00. The van der Waals surface area contributed by atoms with Crippen molar-refractivity contribution in [1.82, 2.24) is 4.90 Å². The smallest absolute Gasteiger partial charge is 0.298 e. The number of rotatable bonds is 2. The molecule has 0 spiro atoms. The fourth-order valence-electron chi connectivity index (χ4n) is 2.04. The van der Waals surface area contributed by atoms with E-state index in [9.17, 15) is 13.2 Å². The van der Waals surface area contributed by atoms with E-state index in [1.807, 2.05) is 17.5 Å². The first-order valence-electron chi connectivity index (χ1n) is 5.37. The van der Waals surface area contributed by atoms with Crippen LogP contribution < -0.4 is 0 Å². The molecule has 0 aliphatic carbocycles. The van der Waals surface area contributed by atoms with Crippen LogP contribution in [-0.2, 0) is 6.54 Å². The molecule has 0 unspecified atom stereocenters. The Morgan fingerprint density at radius 1 is 1.31 bits per heavy atom. The average Bonchev–Trinajstić information content (AvgIpc) is 2.70. The lowest BCUT2D eigenvalue weighted by atomic mass is 9.96. The SMILES string of the molecule is FC(F)(F)C1CCN(Cc2cccs2)CC1. The molecule has 1 aromatic rings. The van der Waals surface area contributed by atoms with E-state index >= 15 is 0 Å². The van der Waals surface area contributed by atoms with Crippen LogP contribution in [0.5, 0.6) is 0 Å². The zero-order valence-electron chi connectivity index (χ0n) is 8.83. The van der Waals surface area contributed by atoms with Crippen LogP contribution in [0, 0.1) is 5.92 Å². The number of likely N-dealkylation sites (tertiary alicyclic amines) is 1. The molecule has 16 heavy (non-hydrogen) atoms. The van der Waals surface area contributed by atoms with Gasteiger partial charge in [0.05, 0.1) is 5.92 Å². The first kappa shape index (κ1) is 11.9. The normalized spacial score (nSPS) is 20.2. The Morgan fingerprint density at radius 2 is 2.00 bits per heavy atom. The van der Waals surface area contributed by atoms with E-state index in [-0.39, 0.29) is 12.8 Å². The highest BCUT2D eigenvalue weighted by Crippen LogP contribution is 2.34. The molecule has 0 amide bonds. The summed E-state index contributed by atoms with van der Waals surface area (Å²) in [6.07, 6.45) is -3.52. The highest BCUT2D eigenvalue weighted by molar-refractivity contribution is 7.09. The Balaban J connectivity index is 1.82. The third-order valence-electron chi connectivity index (χ3n) is 3.01. The largest absolute Gasteiger partial charge is 0.391 e. The maximum absolute atomic E-state index is 12.4. The average molecular weight is 249 g/mol. The lowest BCUT2D eigenvalue weighted by molar-refractivity contribution is -0.185. The fraction of sp³-hybridized carbons (Fsp3) is 0.636. The molecule has 1 aromatic heterocycles. The number of hydrogen-bond donors (Lipinski definition) is 0. The molecule has 2 heterocycles. The van der Waals surface area contributed by atoms with Crippen LogP contribution in [0.25, 0.3) is 0 Å². The standard InChI is InChI=1S/C11H14F3NS/c12-11(13,14)9-3-5-15(6-4-9)8-10-2-1-7-16-10/h1-2,7,9H,3-6,8H2. The summed E-state index contributed by atoms with van der Waals surface area (Å²) in [5.74, 6) is -1.09. The highest BCUT2D eigenvalue weighted by Gasteiger charge is 2.40. The van der Waals surface area contributed by atoms with Crippen molar-refractivity contribution in [3.63, 3.8) is 0 Å². The molecule has 0 saturated carbocycles. The van der Waals surface area contributed by atoms with Crippen molar-refractivity contribution < 1.29 is 13.2 Å². The quantitative estimate of drug-likeness (QED) is 0.775. The van der Waals surface area contributed by atoms with Crippen molar-refractivity contribution >= 4 is 11.3 Å². The molecule has 1 aliphatic rings. The second-order valence-corrected chi connectivity index (χ2v) is 5.20. The molecule has 0 bridgehead atoms. The minimum absolute atomic E-state index is 0.245. The lowest BCUT2D eigenvalue weighted by Gasteiger charge is -2.32. The van der Waals surface area contributed by atoms with Crippen LogP contribution in [0.2, 0.25) is 0 Å². The van der Waals surface area contributed by atoms with Crippen molar-refractivity contribution in [2.45, 2.75) is 25.6 Å². The van der Waals surface area contributed by atoms with E-state index in [0.717, 1.165) is 6.54 Å². The summed E-state index contributed by atoms with van der Waals surface area (Å²) >= 11 is 1.66. The minimum Gasteiger partial charge on any atom is -0.298 e. The van der Waals surface area contributed by atoms with Gasteiger partial charge < -0.3 is 0 Å². The van der Waals surface area contributed by atoms with Gasteiger partial charge in [-0.3, -0.25) is 4.90 Å². The molecule has 0 radical (unpaired) electrons. The molecule has 1 nitrogen and oxygen atoms in total. The summed E-state index contributed by atoms with van der Waals surface area (Å²) in [4.78, 5) is 3.33. The van der Waals surface area contributed by atoms with Gasteiger partial charge in [-0.05, 0) is 37.4 Å². The summed E-state index contributed by atoms with van der Waals surface area (Å²) in [7, 11) is 0. The predicted molar refractivity (Wildman–Crippen MR) is 58.4 cm³/mol. The van der Waals surface area contributed by atoms with Crippen LogP contribution >= 0.6 is 11.3 Å². The van der Waals surface area contributed by atoms with Gasteiger partial charge in [-0.25, -0.2) is 0 Å². The number of thiophene rings is 1. The second-order valence-electron chi connectivity index (χ2n) is 4.17. The second kappa shape index (κ2) is 4.75. The number of nitrogens with zero attached hydrogens (tertiary/aromatic N) is 1. The molecule has 0 N–H and O–H groups in total. The Kier molecular flexibility index (Phi) is 3.54. The van der Waals surface area contributed by atoms with Crippen LogP contribution in [0.3, 0.4) is 0 Å². The molecular weight excluding hydrogens is 235 g/mol. The van der Waals surface area contributed by atoms with Crippen molar-refractivity contribution in [2.24, 2.45) is 5.92 Å². The van der Waals surface area contributed by atoms with Gasteiger partial charge in [0, 0.05) is 11.4 Å². The van der Waals surface area contributed by atoms with E-state index in [4.69, 9.17) is 0 Å². The highest BCUT2D eigenvalue weighted by atomic mass is 32.1. The number of alkyl halides is 3. The van der Waals surface area contributed by atoms with Gasteiger partial charge >= 0.3 is 6.18 Å². The van der Waals surface area contributed by atoms with Gasteiger partial charge in [0.25, 0.3) is 0 Å². The third kappa shape index (κ3) is 2.98. The number of halogens is 3. The van der Waals surface area contributed by atoms with Gasteiger partial charge in [0.15, 0.2) is 0 Å². The summed E-state index contributed by atoms with van der Waals surface area (Å²) in [5.41, 5.74) is 0. The van der Waals surface area contributed by atoms with Crippen molar-refractivity contribution in [1.29, 1.82) is 0 Å². The Hall–Kier alpha value is -0.550. The molecule has 2 rings (SSSR count). The van der Waals surface area contributed by atoms with Crippen LogP contribution in [0.4, 0.5) is 13.2 Å². The molecule has 0 aromatic carbocycles. The Morgan fingerprint density at radius 3 is 2.50 bits per heavy atom. The van der Waals surface area contributed by atoms with E-state index in [0.29, 0.717) is 13.1 Å². The van der Waals surface area contributed by atoms with Crippen LogP contribution in [0.15, 0.2) is 17.5 Å². The zero-order chi connectivity index (χ0) is 11.6. The van der Waals surface area contributed by atoms with Gasteiger partial charge in [-0.15, -0.1) is 11.3 Å². The topological polar surface area (TPSA) is 3.24 Å². The Bertz CT molecular complexity index is 312. The lowest BCUT2D eigenvalue weighted by Crippen LogP contribution is -2.38. The maximum Gasteiger partial charge on any atom is 0.391 e. The third-order valence-corrected chi connectivity index (χ3v) is 3.87.